The van der Waals surface area contributed by atoms with E-state index in [2.05, 4.69) is 23.8 Å². The number of aromatic hydroxyl groups is 2. The molecular weight excluding hydrogens is 1060 g/mol. The van der Waals surface area contributed by atoms with Crippen LogP contribution in [0.4, 0.5) is 21.0 Å². The van der Waals surface area contributed by atoms with E-state index in [0.29, 0.717) is 83.3 Å². The third-order valence-electron chi connectivity index (χ3n) is 14.9. The predicted molar refractivity (Wildman–Crippen MR) is 323 cm³/mol. The van der Waals surface area contributed by atoms with Crippen molar-refractivity contribution in [3.8, 4) is 11.5 Å². The molecule has 12 atom stereocenters. The third kappa shape index (κ3) is 21.2. The zero-order valence-electron chi connectivity index (χ0n) is 49.8. The normalized spacial score (nSPS) is 30.6. The van der Waals surface area contributed by atoms with Gasteiger partial charge in [0.05, 0.1) is 47.9 Å². The SMILES string of the molecule is C.C=CCCC1=C2C[C@@H](C)C[C@H](OC)[C@H](O)[C@@H](C)/C=C(\C)[C@H](OC(N)=O)[C@@H](C)/C=C\C=C(/C)C(=O)NC(=CC1=O)C2=O.C=CC[NH2+]c1c(O)cc2c(O)c1C[C@@H](C)C[C@H](OC)[C@H](O)[C@@H](C)/C=C(\C)[C@H](OC(N)=O)[C@@H](C)/C=C\C=C(/C)C(=O)N2. The second kappa shape index (κ2) is 34.4. The number of nitrogens with two attached hydrogens (primary N) is 3. The molecule has 2 aliphatic heterocycles. The van der Waals surface area contributed by atoms with Crippen LogP contribution in [0, 0.1) is 35.5 Å². The van der Waals surface area contributed by atoms with Gasteiger partial charge in [-0.3, -0.25) is 19.2 Å². The summed E-state index contributed by atoms with van der Waals surface area (Å²) < 4.78 is 22.2. The highest BCUT2D eigenvalue weighted by atomic mass is 16.6. The molecule has 19 nitrogen and oxygen atoms in total. The van der Waals surface area contributed by atoms with Crippen LogP contribution >= 0.6 is 0 Å². The molecule has 0 unspecified atom stereocenters. The first-order chi connectivity index (χ1) is 38.6. The molecule has 4 amide bonds. The van der Waals surface area contributed by atoms with Crippen LogP contribution in [0.1, 0.15) is 114 Å². The lowest BCUT2D eigenvalue weighted by atomic mass is 9.82. The first-order valence-corrected chi connectivity index (χ1v) is 27.8. The second-order valence-electron chi connectivity index (χ2n) is 21.9. The van der Waals surface area contributed by atoms with E-state index < -0.39 is 66.4 Å². The maximum atomic E-state index is 13.6. The fraction of sp³-hybridized carbons (Fsp3) is 0.500. The molecule has 1 aliphatic carbocycles. The smallest absolute Gasteiger partial charge is 0.405 e. The molecular formula is C64H94N5O14+. The first-order valence-electron chi connectivity index (χ1n) is 27.8. The van der Waals surface area contributed by atoms with Crippen LogP contribution in [0.5, 0.6) is 11.5 Å². The van der Waals surface area contributed by atoms with Crippen molar-refractivity contribution in [3.63, 3.8) is 0 Å². The zero-order valence-corrected chi connectivity index (χ0v) is 49.8. The Morgan fingerprint density at radius 2 is 1.19 bits per heavy atom. The highest BCUT2D eigenvalue weighted by molar-refractivity contribution is 6.23. The topological polar surface area (TPSA) is 313 Å². The van der Waals surface area contributed by atoms with Gasteiger partial charge in [-0.2, -0.15) is 0 Å². The van der Waals surface area contributed by atoms with Gasteiger partial charge in [0.1, 0.15) is 18.0 Å². The van der Waals surface area contributed by atoms with Crippen LogP contribution in [-0.4, -0.2) is 113 Å². The lowest BCUT2D eigenvalue weighted by molar-refractivity contribution is -0.562. The minimum Gasteiger partial charge on any atom is -0.505 e. The van der Waals surface area contributed by atoms with Crippen molar-refractivity contribution in [1.29, 1.82) is 0 Å². The number of primary amides is 2. The van der Waals surface area contributed by atoms with Crippen LogP contribution in [0.25, 0.3) is 0 Å². The highest BCUT2D eigenvalue weighted by Crippen LogP contribution is 2.41. The van der Waals surface area contributed by atoms with Gasteiger partial charge in [0.25, 0.3) is 11.8 Å². The number of ether oxygens (including phenoxy) is 4. The van der Waals surface area contributed by atoms with Gasteiger partial charge in [-0.15, -0.1) is 6.58 Å². The molecule has 4 bridgehead atoms. The van der Waals surface area contributed by atoms with Gasteiger partial charge in [0, 0.05) is 72.3 Å². The van der Waals surface area contributed by atoms with Crippen molar-refractivity contribution >= 4 is 46.9 Å². The Bertz CT molecular complexity index is 2750. The van der Waals surface area contributed by atoms with Gasteiger partial charge in [-0.05, 0) is 95.3 Å². The Morgan fingerprint density at radius 3 is 1.64 bits per heavy atom. The number of fused-ring (bicyclic) bond motifs is 4. The summed E-state index contributed by atoms with van der Waals surface area (Å²) in [5.74, 6) is -3.52. The van der Waals surface area contributed by atoms with Crippen LogP contribution < -0.4 is 27.4 Å². The molecule has 1 aromatic carbocycles. The van der Waals surface area contributed by atoms with E-state index >= 15 is 0 Å². The number of methoxy groups -OCH3 is 2. The number of hydrogen-bond acceptors (Lipinski definition) is 14. The van der Waals surface area contributed by atoms with E-state index in [1.54, 1.807) is 74.7 Å². The number of Topliss-reactive ketones (excluding diaryl/α,β-unsaturated/α-hetero) is 1. The molecule has 12 N–H and O–H groups in total. The van der Waals surface area contributed by atoms with Crippen LogP contribution in [0.3, 0.4) is 0 Å². The van der Waals surface area contributed by atoms with Crippen molar-refractivity contribution < 1.29 is 73.5 Å². The van der Waals surface area contributed by atoms with Gasteiger partial charge in [0.15, 0.2) is 17.2 Å². The van der Waals surface area contributed by atoms with E-state index in [0.717, 1.165) is 0 Å². The molecule has 0 spiro atoms. The van der Waals surface area contributed by atoms with Crippen molar-refractivity contribution in [3.05, 3.63) is 131 Å². The monoisotopic (exact) mass is 1160 g/mol. The molecule has 458 valence electrons. The number of quaternary nitrogens is 1. The summed E-state index contributed by atoms with van der Waals surface area (Å²) >= 11 is 0. The molecule has 0 saturated carbocycles. The van der Waals surface area contributed by atoms with Gasteiger partial charge >= 0.3 is 12.2 Å². The number of amides is 4. The zero-order chi connectivity index (χ0) is 61.7. The molecule has 0 radical (unpaired) electrons. The lowest BCUT2D eigenvalue weighted by Gasteiger charge is -2.29. The molecule has 4 rings (SSSR count). The van der Waals surface area contributed by atoms with Crippen LogP contribution in [0.15, 0.2) is 125 Å². The summed E-state index contributed by atoms with van der Waals surface area (Å²) in [6, 6.07) is 1.33. The number of phenolic OH excluding ortho intramolecular Hbond substituents is 2. The summed E-state index contributed by atoms with van der Waals surface area (Å²) in [6.45, 7) is 26.0. The summed E-state index contributed by atoms with van der Waals surface area (Å²) in [5.41, 5.74) is 14.5. The number of phenols is 2. The molecule has 0 aromatic heterocycles. The number of carbonyl (C=O) groups excluding carboxylic acids is 6. The minimum absolute atomic E-state index is 0. The fourth-order valence-corrected chi connectivity index (χ4v) is 10.3. The predicted octanol–water partition coefficient (Wildman–Crippen LogP) is 8.59. The Labute approximate surface area is 491 Å². The second-order valence-corrected chi connectivity index (χ2v) is 21.9. The standard InChI is InChI=1S/C32H44N2O7.C31H45N3O7.CH4/c1-8-9-13-23-24-14-18(2)15-27(40-7)28(36)21(5)16-22(6)30(41-32(33)39)19(3)11-10-12-20(4)31(38)34-25(29(24)37)17-26(23)35;1-8-12-33-26-22-13-17(2)14-25(40-7)27(36)20(5)15-21(6)29(41-31(32)39)18(3)10-9-11-19(4)30(38)34-23(28(22)37)16-24(26)35;/h8,10-12,16-19,21,27-28,30,36H,1,9,13-15H2,2-7H3,(H2,33,39)(H,34,38);8-11,15-18,20,25,27,29,33,35-37H,1,12-14H2,2-7H3,(H2,32,39)(H,34,38);1H4/p+1/b11-10-,20-12+,22-16+;10-9-,19-11+,21-15+;/t18-,19+,21+,27+,28-,30-;17-,18+,20+,25+,27-,29-;/m11./s1. The molecule has 0 saturated heterocycles. The van der Waals surface area contributed by atoms with Gasteiger partial charge in [-0.25, -0.2) is 9.59 Å². The summed E-state index contributed by atoms with van der Waals surface area (Å²) in [7, 11) is 3.05. The quantitative estimate of drug-likeness (QED) is 0.0348. The van der Waals surface area contributed by atoms with Gasteiger partial charge in [0.2, 0.25) is 5.78 Å². The number of carbonyl (C=O) groups is 6. The van der Waals surface area contributed by atoms with Crippen molar-refractivity contribution in [2.75, 3.05) is 26.1 Å². The van der Waals surface area contributed by atoms with Crippen LogP contribution in [-0.2, 0) is 44.5 Å². The van der Waals surface area contributed by atoms with Gasteiger partial charge in [-0.1, -0.05) is 110 Å². The summed E-state index contributed by atoms with van der Waals surface area (Å²) in [4.78, 5) is 75.9. The Balaban J connectivity index is 0.000000560. The van der Waals surface area contributed by atoms with E-state index in [9.17, 15) is 49.2 Å². The van der Waals surface area contributed by atoms with Crippen LogP contribution in [0.2, 0.25) is 0 Å². The third-order valence-corrected chi connectivity index (χ3v) is 14.9. The van der Waals surface area contributed by atoms with Crippen molar-refractivity contribution in [2.24, 2.45) is 47.0 Å². The summed E-state index contributed by atoms with van der Waals surface area (Å²) in [5, 5.41) is 51.6. The summed E-state index contributed by atoms with van der Waals surface area (Å²) in [6.07, 6.45) is 14.5. The number of allylic oxidation sites excluding steroid dienone is 8. The number of nitrogens with one attached hydrogen (secondary N) is 2. The Hall–Kier alpha value is -7.16. The Morgan fingerprint density at radius 1 is 0.723 bits per heavy atom. The number of ketones is 2. The first kappa shape index (κ1) is 71.9. The van der Waals surface area contributed by atoms with E-state index in [1.165, 1.54) is 26.4 Å². The number of benzene rings is 1. The number of anilines is 1. The fourth-order valence-electron chi connectivity index (χ4n) is 10.3. The van der Waals surface area contributed by atoms with Crippen molar-refractivity contribution in [2.45, 2.75) is 152 Å². The molecule has 83 heavy (non-hydrogen) atoms. The average molecular weight is 1160 g/mol. The molecule has 0 fully saturated rings. The van der Waals surface area contributed by atoms with Gasteiger partial charge < -0.3 is 66.8 Å². The maximum absolute atomic E-state index is 13.6. The molecule has 19 heteroatoms. The van der Waals surface area contributed by atoms with E-state index in [-0.39, 0.29) is 78.0 Å². The highest BCUT2D eigenvalue weighted by Gasteiger charge is 2.34. The number of hydrogen-bond donors (Lipinski definition) is 9. The van der Waals surface area contributed by atoms with E-state index in [1.807, 2.05) is 60.6 Å². The number of rotatable bonds is 10. The molecule has 1 aromatic rings. The van der Waals surface area contributed by atoms with Crippen molar-refractivity contribution in [1.82, 2.24) is 5.32 Å². The Kier molecular flexibility index (Phi) is 29.9. The lowest BCUT2D eigenvalue weighted by Crippen LogP contribution is -2.78. The van der Waals surface area contributed by atoms with E-state index in [4.69, 9.17) is 30.4 Å². The number of aliphatic hydroxyl groups excluding tert-OH is 2. The average Bonchev–Trinajstić information content (AvgIpc) is 3.65. The molecule has 2 heterocycles. The molecule has 3 aliphatic rings. The number of aliphatic hydroxyl groups is 2. The largest absolute Gasteiger partial charge is 0.505 e. The minimum atomic E-state index is -0.926. The maximum Gasteiger partial charge on any atom is 0.405 e.